The molecule has 2 amide bonds. The van der Waals surface area contributed by atoms with E-state index in [4.69, 9.17) is 0 Å². The molecule has 0 spiro atoms. The first-order chi connectivity index (χ1) is 10.5. The fourth-order valence-corrected chi connectivity index (χ4v) is 3.00. The van der Waals surface area contributed by atoms with E-state index in [1.807, 2.05) is 34.9 Å². The molecule has 0 radical (unpaired) electrons. The van der Waals surface area contributed by atoms with E-state index in [2.05, 4.69) is 22.9 Å². The molecule has 1 aliphatic rings. The van der Waals surface area contributed by atoms with Crippen molar-refractivity contribution in [1.82, 2.24) is 9.80 Å². The predicted octanol–water partition coefficient (Wildman–Crippen LogP) is 3.23. The number of carbonyl (C=O) groups excluding carboxylic acids is 2. The lowest BCUT2D eigenvalue weighted by Gasteiger charge is -2.35. The zero-order valence-electron chi connectivity index (χ0n) is 13.3. The van der Waals surface area contributed by atoms with Gasteiger partial charge in [-0.3, -0.25) is 9.59 Å². The minimum Gasteiger partial charge on any atom is -0.339 e. The van der Waals surface area contributed by atoms with Crippen molar-refractivity contribution in [3.8, 4) is 0 Å². The molecule has 5 heteroatoms. The lowest BCUT2D eigenvalue weighted by molar-refractivity contribution is -0.132. The van der Waals surface area contributed by atoms with E-state index >= 15 is 0 Å². The van der Waals surface area contributed by atoms with Crippen LogP contribution in [0.5, 0.6) is 0 Å². The third kappa shape index (κ3) is 4.09. The molecule has 1 aromatic carbocycles. The Morgan fingerprint density at radius 1 is 1.14 bits per heavy atom. The summed E-state index contributed by atoms with van der Waals surface area (Å²) in [7, 11) is 0. The van der Waals surface area contributed by atoms with Crippen molar-refractivity contribution in [2.24, 2.45) is 0 Å². The van der Waals surface area contributed by atoms with Crippen LogP contribution in [0.1, 0.15) is 42.1 Å². The van der Waals surface area contributed by atoms with Crippen LogP contribution in [0.25, 0.3) is 0 Å². The van der Waals surface area contributed by atoms with Crippen molar-refractivity contribution in [3.05, 3.63) is 33.8 Å². The van der Waals surface area contributed by atoms with E-state index in [0.717, 1.165) is 28.4 Å². The van der Waals surface area contributed by atoms with Gasteiger partial charge in [-0.05, 0) is 31.0 Å². The van der Waals surface area contributed by atoms with Gasteiger partial charge in [-0.1, -0.05) is 35.3 Å². The van der Waals surface area contributed by atoms with Crippen LogP contribution in [0.3, 0.4) is 0 Å². The average molecular weight is 367 g/mol. The number of amides is 2. The first-order valence-electron chi connectivity index (χ1n) is 7.86. The summed E-state index contributed by atoms with van der Waals surface area (Å²) in [6, 6.07) is 5.76. The number of halogens is 1. The van der Waals surface area contributed by atoms with Crippen LogP contribution >= 0.6 is 15.9 Å². The van der Waals surface area contributed by atoms with Crippen molar-refractivity contribution in [3.63, 3.8) is 0 Å². The molecule has 4 nitrogen and oxygen atoms in total. The van der Waals surface area contributed by atoms with E-state index in [1.165, 1.54) is 0 Å². The Morgan fingerprint density at radius 2 is 1.77 bits per heavy atom. The van der Waals surface area contributed by atoms with Gasteiger partial charge in [-0.2, -0.15) is 0 Å². The van der Waals surface area contributed by atoms with Gasteiger partial charge >= 0.3 is 0 Å². The summed E-state index contributed by atoms with van der Waals surface area (Å²) >= 11 is 3.42. The van der Waals surface area contributed by atoms with Crippen molar-refractivity contribution >= 4 is 27.7 Å². The lowest BCUT2D eigenvalue weighted by atomic mass is 10.1. The van der Waals surface area contributed by atoms with Gasteiger partial charge in [0, 0.05) is 42.6 Å². The summed E-state index contributed by atoms with van der Waals surface area (Å²) in [6.45, 7) is 6.54. The molecule has 1 fully saturated rings. The second-order valence-electron chi connectivity index (χ2n) is 5.74. The highest BCUT2D eigenvalue weighted by atomic mass is 79.9. The Labute approximate surface area is 140 Å². The van der Waals surface area contributed by atoms with Crippen LogP contribution in [0.15, 0.2) is 22.7 Å². The first-order valence-corrected chi connectivity index (χ1v) is 8.65. The molecule has 0 aromatic heterocycles. The SMILES string of the molecule is CCCCC(=O)N1CCN(C(=O)c2cc(Br)ccc2C)CC1. The Hall–Kier alpha value is -1.36. The first kappa shape index (κ1) is 17.0. The second kappa shape index (κ2) is 7.77. The number of benzene rings is 1. The molecule has 1 aliphatic heterocycles. The van der Waals surface area contributed by atoms with E-state index < -0.39 is 0 Å². The zero-order valence-corrected chi connectivity index (χ0v) is 14.9. The summed E-state index contributed by atoms with van der Waals surface area (Å²) in [5.74, 6) is 0.270. The number of hydrogen-bond acceptors (Lipinski definition) is 2. The molecule has 120 valence electrons. The fourth-order valence-electron chi connectivity index (χ4n) is 2.64. The molecule has 22 heavy (non-hydrogen) atoms. The highest BCUT2D eigenvalue weighted by molar-refractivity contribution is 9.10. The molecule has 2 rings (SSSR count). The van der Waals surface area contributed by atoms with Crippen molar-refractivity contribution < 1.29 is 9.59 Å². The maximum absolute atomic E-state index is 12.6. The average Bonchev–Trinajstić information content (AvgIpc) is 2.54. The second-order valence-corrected chi connectivity index (χ2v) is 6.65. The van der Waals surface area contributed by atoms with Gasteiger partial charge in [-0.25, -0.2) is 0 Å². The third-order valence-corrected chi connectivity index (χ3v) is 4.59. The van der Waals surface area contributed by atoms with Crippen LogP contribution in [-0.4, -0.2) is 47.8 Å². The summed E-state index contributed by atoms with van der Waals surface area (Å²) in [6.07, 6.45) is 2.59. The largest absolute Gasteiger partial charge is 0.339 e. The van der Waals surface area contributed by atoms with Crippen molar-refractivity contribution in [2.45, 2.75) is 33.1 Å². The Kier molecular flexibility index (Phi) is 6.00. The van der Waals surface area contributed by atoms with E-state index in [1.54, 1.807) is 0 Å². The molecule has 0 unspecified atom stereocenters. The standard InChI is InChI=1S/C17H23BrN2O2/c1-3-4-5-16(21)19-8-10-20(11-9-19)17(22)15-12-14(18)7-6-13(15)2/h6-7,12H,3-5,8-11H2,1-2H3. The molecule has 0 bridgehead atoms. The van der Waals surface area contributed by atoms with Crippen LogP contribution in [-0.2, 0) is 4.79 Å². The molecular weight excluding hydrogens is 344 g/mol. The maximum atomic E-state index is 12.6. The molecule has 0 N–H and O–H groups in total. The topological polar surface area (TPSA) is 40.6 Å². The minimum atomic E-state index is 0.0551. The quantitative estimate of drug-likeness (QED) is 0.820. The lowest BCUT2D eigenvalue weighted by Crippen LogP contribution is -2.50. The number of carbonyl (C=O) groups is 2. The molecule has 1 saturated heterocycles. The molecular formula is C17H23BrN2O2. The monoisotopic (exact) mass is 366 g/mol. The smallest absolute Gasteiger partial charge is 0.254 e. The van der Waals surface area contributed by atoms with Crippen LogP contribution in [0, 0.1) is 6.92 Å². The van der Waals surface area contributed by atoms with Gasteiger partial charge in [-0.15, -0.1) is 0 Å². The Bertz CT molecular complexity index is 552. The highest BCUT2D eigenvalue weighted by Gasteiger charge is 2.25. The van der Waals surface area contributed by atoms with Crippen LogP contribution in [0.2, 0.25) is 0 Å². The van der Waals surface area contributed by atoms with Gasteiger partial charge < -0.3 is 9.80 Å². The third-order valence-electron chi connectivity index (χ3n) is 4.09. The van der Waals surface area contributed by atoms with E-state index in [9.17, 15) is 9.59 Å². The Balaban J connectivity index is 1.95. The normalized spacial score (nSPS) is 15.0. The minimum absolute atomic E-state index is 0.0551. The molecule has 0 saturated carbocycles. The number of nitrogens with zero attached hydrogens (tertiary/aromatic N) is 2. The number of hydrogen-bond donors (Lipinski definition) is 0. The fraction of sp³-hybridized carbons (Fsp3) is 0.529. The van der Waals surface area contributed by atoms with Crippen LogP contribution < -0.4 is 0 Å². The Morgan fingerprint density at radius 3 is 2.41 bits per heavy atom. The van der Waals surface area contributed by atoms with Gasteiger partial charge in [0.1, 0.15) is 0 Å². The van der Waals surface area contributed by atoms with Crippen LogP contribution in [0.4, 0.5) is 0 Å². The summed E-state index contributed by atoms with van der Waals surface area (Å²) < 4.78 is 0.912. The molecule has 1 heterocycles. The summed E-state index contributed by atoms with van der Waals surface area (Å²) in [5, 5.41) is 0. The number of piperazine rings is 1. The summed E-state index contributed by atoms with van der Waals surface area (Å²) in [5.41, 5.74) is 1.72. The predicted molar refractivity (Wildman–Crippen MR) is 90.9 cm³/mol. The number of aryl methyl sites for hydroxylation is 1. The van der Waals surface area contributed by atoms with Gasteiger partial charge in [0.05, 0.1) is 0 Å². The van der Waals surface area contributed by atoms with Gasteiger partial charge in [0.2, 0.25) is 5.91 Å². The highest BCUT2D eigenvalue weighted by Crippen LogP contribution is 2.19. The molecule has 0 aliphatic carbocycles. The van der Waals surface area contributed by atoms with Crippen molar-refractivity contribution in [2.75, 3.05) is 26.2 Å². The van der Waals surface area contributed by atoms with Gasteiger partial charge in [0.15, 0.2) is 0 Å². The maximum Gasteiger partial charge on any atom is 0.254 e. The number of unbranched alkanes of at least 4 members (excludes halogenated alkanes) is 1. The van der Waals surface area contributed by atoms with E-state index in [0.29, 0.717) is 32.6 Å². The van der Waals surface area contributed by atoms with Crippen molar-refractivity contribution in [1.29, 1.82) is 0 Å². The zero-order chi connectivity index (χ0) is 16.1. The summed E-state index contributed by atoms with van der Waals surface area (Å²) in [4.78, 5) is 28.4. The van der Waals surface area contributed by atoms with Gasteiger partial charge in [0.25, 0.3) is 5.91 Å². The molecule has 1 aromatic rings. The number of rotatable bonds is 4. The molecule has 0 atom stereocenters. The van der Waals surface area contributed by atoms with E-state index in [-0.39, 0.29) is 11.8 Å².